The van der Waals surface area contributed by atoms with Gasteiger partial charge >= 0.3 is 6.03 Å². The summed E-state index contributed by atoms with van der Waals surface area (Å²) in [4.78, 5) is 12.4. The number of aromatic nitrogens is 3. The van der Waals surface area contributed by atoms with E-state index in [1.54, 1.807) is 42.0 Å². The van der Waals surface area contributed by atoms with Crippen molar-refractivity contribution in [3.8, 4) is 11.4 Å². The highest BCUT2D eigenvalue weighted by Gasteiger charge is 2.18. The van der Waals surface area contributed by atoms with Crippen molar-refractivity contribution in [2.75, 3.05) is 12.4 Å². The van der Waals surface area contributed by atoms with Crippen molar-refractivity contribution in [2.24, 2.45) is 0 Å². The van der Waals surface area contributed by atoms with Crippen LogP contribution in [0.3, 0.4) is 0 Å². The summed E-state index contributed by atoms with van der Waals surface area (Å²) in [5, 5.41) is 15.2. The minimum atomic E-state index is -0.586. The molecule has 7 nitrogen and oxygen atoms in total. The number of amides is 2. The fraction of sp³-hybridized carbons (Fsp3) is 0.125. The van der Waals surface area contributed by atoms with Crippen LogP contribution in [0, 0.1) is 5.82 Å². The second-order valence-electron chi connectivity index (χ2n) is 7.26. The number of halogens is 3. The maximum absolute atomic E-state index is 13.8. The van der Waals surface area contributed by atoms with Crippen molar-refractivity contribution in [3.05, 3.63) is 94.0 Å². The molecule has 0 saturated heterocycles. The van der Waals surface area contributed by atoms with Gasteiger partial charge in [0.2, 0.25) is 0 Å². The number of carbonyl (C=O) groups excluding carboxylic acids is 1. The van der Waals surface area contributed by atoms with Crippen LogP contribution in [-0.2, 0) is 12.3 Å². The number of nitrogens with one attached hydrogen (secondary N) is 2. The Hall–Kier alpha value is -3.27. The molecule has 35 heavy (non-hydrogen) atoms. The number of para-hydroxylation sites is 1. The highest BCUT2D eigenvalue weighted by molar-refractivity contribution is 7.98. The predicted molar refractivity (Wildman–Crippen MR) is 136 cm³/mol. The molecule has 2 amide bonds. The number of hydrogen-bond donors (Lipinski definition) is 2. The van der Waals surface area contributed by atoms with Crippen molar-refractivity contribution >= 4 is 46.7 Å². The van der Waals surface area contributed by atoms with E-state index in [1.807, 2.05) is 24.3 Å². The Morgan fingerprint density at radius 1 is 1.09 bits per heavy atom. The van der Waals surface area contributed by atoms with Gasteiger partial charge in [0.15, 0.2) is 11.0 Å². The summed E-state index contributed by atoms with van der Waals surface area (Å²) < 4.78 is 20.9. The summed E-state index contributed by atoms with van der Waals surface area (Å²) in [6, 6.07) is 18.1. The maximum atomic E-state index is 13.8. The van der Waals surface area contributed by atoms with E-state index < -0.39 is 11.8 Å². The number of anilines is 1. The first-order valence-electron chi connectivity index (χ1n) is 10.4. The largest absolute Gasteiger partial charge is 0.497 e. The molecule has 11 heteroatoms. The third kappa shape index (κ3) is 6.25. The topological polar surface area (TPSA) is 81.1 Å². The van der Waals surface area contributed by atoms with Gasteiger partial charge in [0.05, 0.1) is 30.1 Å². The van der Waals surface area contributed by atoms with Gasteiger partial charge in [-0.15, -0.1) is 10.2 Å². The zero-order valence-electron chi connectivity index (χ0n) is 18.5. The van der Waals surface area contributed by atoms with Crippen LogP contribution in [0.15, 0.2) is 71.9 Å². The fourth-order valence-corrected chi connectivity index (χ4v) is 4.61. The van der Waals surface area contributed by atoms with Gasteiger partial charge in [0, 0.05) is 10.8 Å². The number of thioether (sulfide) groups is 1. The molecule has 180 valence electrons. The van der Waals surface area contributed by atoms with Crippen molar-refractivity contribution in [1.82, 2.24) is 20.1 Å². The van der Waals surface area contributed by atoms with Crippen LogP contribution in [0.2, 0.25) is 10.0 Å². The van der Waals surface area contributed by atoms with Crippen LogP contribution < -0.4 is 15.4 Å². The monoisotopic (exact) mass is 531 g/mol. The summed E-state index contributed by atoms with van der Waals surface area (Å²) in [6.45, 7) is 0.0198. The van der Waals surface area contributed by atoms with Gasteiger partial charge in [0.1, 0.15) is 11.6 Å². The van der Waals surface area contributed by atoms with Crippen LogP contribution in [0.25, 0.3) is 5.69 Å². The van der Waals surface area contributed by atoms with Crippen LogP contribution in [0.1, 0.15) is 11.4 Å². The third-order valence-corrected chi connectivity index (χ3v) is 6.42. The van der Waals surface area contributed by atoms with Crippen LogP contribution >= 0.6 is 35.0 Å². The van der Waals surface area contributed by atoms with Crippen molar-refractivity contribution in [3.63, 3.8) is 0 Å². The first kappa shape index (κ1) is 24.8. The Kier molecular flexibility index (Phi) is 8.12. The van der Waals surface area contributed by atoms with Gasteiger partial charge < -0.3 is 15.4 Å². The van der Waals surface area contributed by atoms with E-state index in [-0.39, 0.29) is 12.2 Å². The Morgan fingerprint density at radius 3 is 2.69 bits per heavy atom. The molecule has 0 saturated carbocycles. The van der Waals surface area contributed by atoms with Crippen molar-refractivity contribution in [2.45, 2.75) is 17.5 Å². The molecule has 0 aliphatic rings. The van der Waals surface area contributed by atoms with E-state index in [9.17, 15) is 9.18 Å². The average molecular weight is 532 g/mol. The second kappa shape index (κ2) is 11.4. The molecule has 0 spiro atoms. The quantitative estimate of drug-likeness (QED) is 0.259. The van der Waals surface area contributed by atoms with Crippen LogP contribution in [0.4, 0.5) is 14.9 Å². The van der Waals surface area contributed by atoms with E-state index in [0.29, 0.717) is 32.5 Å². The number of nitrogens with zero attached hydrogens (tertiary/aromatic N) is 3. The van der Waals surface area contributed by atoms with Crippen LogP contribution in [-0.4, -0.2) is 27.9 Å². The molecule has 4 aromatic rings. The zero-order chi connectivity index (χ0) is 24.8. The normalized spacial score (nSPS) is 10.7. The summed E-state index contributed by atoms with van der Waals surface area (Å²) >= 11 is 14.0. The molecule has 1 aromatic heterocycles. The molecule has 0 aliphatic carbocycles. The van der Waals surface area contributed by atoms with Gasteiger partial charge in [-0.3, -0.25) is 4.57 Å². The van der Waals surface area contributed by atoms with E-state index in [4.69, 9.17) is 27.9 Å². The van der Waals surface area contributed by atoms with Crippen molar-refractivity contribution in [1.29, 1.82) is 0 Å². The number of urea groups is 1. The molecule has 4 rings (SSSR count). The molecule has 0 bridgehead atoms. The van der Waals surface area contributed by atoms with Gasteiger partial charge in [-0.05, 0) is 48.0 Å². The average Bonchev–Trinajstić information content (AvgIpc) is 3.25. The lowest BCUT2D eigenvalue weighted by molar-refractivity contribution is 0.251. The number of methoxy groups -OCH3 is 1. The minimum absolute atomic E-state index is 0.0198. The maximum Gasteiger partial charge on any atom is 0.319 e. The molecule has 0 unspecified atom stereocenters. The number of carbonyl (C=O) groups is 1. The van der Waals surface area contributed by atoms with Gasteiger partial charge in [-0.1, -0.05) is 59.2 Å². The molecule has 0 aliphatic heterocycles. The SMILES string of the molecule is COc1cccc(CSc2nnc(CNC(=O)Nc3ccccc3F)n2-c2ccc(Cl)cc2Cl)c1. The van der Waals surface area contributed by atoms with Gasteiger partial charge in [-0.25, -0.2) is 9.18 Å². The lowest BCUT2D eigenvalue weighted by Crippen LogP contribution is -2.29. The van der Waals surface area contributed by atoms with E-state index in [2.05, 4.69) is 20.8 Å². The van der Waals surface area contributed by atoms with E-state index in [0.717, 1.165) is 11.3 Å². The Balaban J connectivity index is 1.56. The summed E-state index contributed by atoms with van der Waals surface area (Å²) in [5.74, 6) is 1.26. The first-order valence-corrected chi connectivity index (χ1v) is 12.1. The number of hydrogen-bond acceptors (Lipinski definition) is 5. The third-order valence-electron chi connectivity index (χ3n) is 4.88. The zero-order valence-corrected chi connectivity index (χ0v) is 20.8. The molecule has 1 heterocycles. The Morgan fingerprint density at radius 2 is 1.91 bits per heavy atom. The Bertz CT molecular complexity index is 1350. The lowest BCUT2D eigenvalue weighted by Gasteiger charge is -2.13. The van der Waals surface area contributed by atoms with Gasteiger partial charge in [0.25, 0.3) is 0 Å². The minimum Gasteiger partial charge on any atom is -0.497 e. The summed E-state index contributed by atoms with van der Waals surface area (Å²) in [7, 11) is 1.62. The summed E-state index contributed by atoms with van der Waals surface area (Å²) in [5.41, 5.74) is 1.72. The summed E-state index contributed by atoms with van der Waals surface area (Å²) in [6.07, 6.45) is 0. The second-order valence-corrected chi connectivity index (χ2v) is 9.04. The fourth-order valence-electron chi connectivity index (χ4n) is 3.21. The highest BCUT2D eigenvalue weighted by Crippen LogP contribution is 2.31. The van der Waals surface area contributed by atoms with E-state index >= 15 is 0 Å². The predicted octanol–water partition coefficient (Wildman–Crippen LogP) is 6.34. The molecular formula is C24H20Cl2FN5O2S. The standard InChI is InChI=1S/C24H20Cl2FN5O2S/c1-34-17-6-4-5-15(11-17)14-35-24-31-30-22(32(24)21-10-9-16(25)12-18(21)26)13-28-23(33)29-20-8-3-2-7-19(20)27/h2-12H,13-14H2,1H3,(H2,28,29,33). The smallest absolute Gasteiger partial charge is 0.319 e. The molecule has 0 fully saturated rings. The molecule has 3 aromatic carbocycles. The molecular weight excluding hydrogens is 512 g/mol. The van der Waals surface area contributed by atoms with Crippen LogP contribution in [0.5, 0.6) is 5.75 Å². The highest BCUT2D eigenvalue weighted by atomic mass is 35.5. The van der Waals surface area contributed by atoms with Crippen molar-refractivity contribution < 1.29 is 13.9 Å². The number of rotatable bonds is 8. The number of ether oxygens (including phenoxy) is 1. The molecule has 2 N–H and O–H groups in total. The first-order chi connectivity index (χ1) is 16.9. The molecule has 0 radical (unpaired) electrons. The van der Waals surface area contributed by atoms with E-state index in [1.165, 1.54) is 23.9 Å². The molecule has 0 atom stereocenters. The number of benzene rings is 3. The van der Waals surface area contributed by atoms with Gasteiger partial charge in [-0.2, -0.15) is 0 Å². The lowest BCUT2D eigenvalue weighted by atomic mass is 10.2. The Labute approximate surface area is 215 Å².